The van der Waals surface area contributed by atoms with Crippen molar-refractivity contribution in [2.24, 2.45) is 11.8 Å². The standard InChI is InChI=1S/C13H30O2Si/c1-11(2)12(8-9-14)10-15-16(6,7)13(3,4)5/h11-12,14H,8-10H2,1-7H3/t12-/m1/s1. The van der Waals surface area contributed by atoms with E-state index in [-0.39, 0.29) is 11.6 Å². The lowest BCUT2D eigenvalue weighted by molar-refractivity contribution is 0.155. The summed E-state index contributed by atoms with van der Waals surface area (Å²) in [7, 11) is -1.62. The summed E-state index contributed by atoms with van der Waals surface area (Å²) in [6.45, 7) is 16.8. The van der Waals surface area contributed by atoms with E-state index < -0.39 is 8.32 Å². The first-order valence-electron chi connectivity index (χ1n) is 6.36. The van der Waals surface area contributed by atoms with Gasteiger partial charge in [0.05, 0.1) is 0 Å². The molecule has 3 heteroatoms. The number of rotatable bonds is 6. The van der Waals surface area contributed by atoms with Gasteiger partial charge in [-0.15, -0.1) is 0 Å². The Labute approximate surface area is 103 Å². The highest BCUT2D eigenvalue weighted by atomic mass is 28.4. The van der Waals surface area contributed by atoms with Gasteiger partial charge in [0.1, 0.15) is 0 Å². The normalized spacial score (nSPS) is 15.6. The Balaban J connectivity index is 4.30. The fraction of sp³-hybridized carbons (Fsp3) is 1.00. The van der Waals surface area contributed by atoms with Crippen molar-refractivity contribution < 1.29 is 9.53 Å². The van der Waals surface area contributed by atoms with Crippen LogP contribution < -0.4 is 0 Å². The Hall–Kier alpha value is 0.137. The van der Waals surface area contributed by atoms with Gasteiger partial charge in [0.25, 0.3) is 0 Å². The fourth-order valence-corrected chi connectivity index (χ4v) is 2.37. The van der Waals surface area contributed by atoms with Gasteiger partial charge in [-0.3, -0.25) is 0 Å². The first-order valence-corrected chi connectivity index (χ1v) is 9.27. The van der Waals surface area contributed by atoms with Crippen LogP contribution in [0.15, 0.2) is 0 Å². The van der Waals surface area contributed by atoms with Gasteiger partial charge in [0.2, 0.25) is 0 Å². The molecule has 0 radical (unpaired) electrons. The summed E-state index contributed by atoms with van der Waals surface area (Å²) in [5.41, 5.74) is 0. The molecule has 0 aromatic heterocycles. The average molecular weight is 246 g/mol. The molecule has 1 N–H and O–H groups in total. The molecule has 0 aromatic rings. The van der Waals surface area contributed by atoms with Crippen LogP contribution in [0, 0.1) is 11.8 Å². The molecule has 0 fully saturated rings. The zero-order chi connectivity index (χ0) is 13.0. The van der Waals surface area contributed by atoms with E-state index in [1.165, 1.54) is 0 Å². The van der Waals surface area contributed by atoms with Gasteiger partial charge in [-0.2, -0.15) is 0 Å². The summed E-state index contributed by atoms with van der Waals surface area (Å²) in [6, 6.07) is 0. The minimum atomic E-state index is -1.62. The van der Waals surface area contributed by atoms with Crippen molar-refractivity contribution in [2.45, 2.75) is 59.2 Å². The maximum absolute atomic E-state index is 9.03. The van der Waals surface area contributed by atoms with E-state index in [1.807, 2.05) is 0 Å². The average Bonchev–Trinajstić information content (AvgIpc) is 2.09. The van der Waals surface area contributed by atoms with Crippen molar-refractivity contribution in [1.29, 1.82) is 0 Å². The van der Waals surface area contributed by atoms with Crippen molar-refractivity contribution in [1.82, 2.24) is 0 Å². The number of hydrogen-bond donors (Lipinski definition) is 1. The first-order chi connectivity index (χ1) is 7.12. The molecule has 0 spiro atoms. The third-order valence-corrected chi connectivity index (χ3v) is 8.41. The smallest absolute Gasteiger partial charge is 0.191 e. The Morgan fingerprint density at radius 3 is 2.00 bits per heavy atom. The molecule has 98 valence electrons. The molecule has 0 bridgehead atoms. The molecule has 0 unspecified atom stereocenters. The van der Waals surface area contributed by atoms with Crippen LogP contribution in [0.5, 0.6) is 0 Å². The Kier molecular flexibility index (Phi) is 6.23. The largest absolute Gasteiger partial charge is 0.417 e. The third kappa shape index (κ3) is 4.98. The van der Waals surface area contributed by atoms with Crippen LogP contribution in [-0.4, -0.2) is 26.6 Å². The molecule has 0 aliphatic heterocycles. The van der Waals surface area contributed by atoms with Gasteiger partial charge < -0.3 is 9.53 Å². The van der Waals surface area contributed by atoms with Crippen LogP contribution in [0.4, 0.5) is 0 Å². The molecule has 0 saturated heterocycles. The summed E-state index contributed by atoms with van der Waals surface area (Å²) < 4.78 is 6.20. The van der Waals surface area contributed by atoms with Crippen molar-refractivity contribution in [3.63, 3.8) is 0 Å². The van der Waals surface area contributed by atoms with E-state index in [9.17, 15) is 0 Å². The molecule has 0 aliphatic rings. The summed E-state index contributed by atoms with van der Waals surface area (Å²) in [5.74, 6) is 1.07. The molecular weight excluding hydrogens is 216 g/mol. The van der Waals surface area contributed by atoms with Crippen LogP contribution in [0.2, 0.25) is 18.1 Å². The highest BCUT2D eigenvalue weighted by Gasteiger charge is 2.37. The van der Waals surface area contributed by atoms with Gasteiger partial charge in [0.15, 0.2) is 8.32 Å². The lowest BCUT2D eigenvalue weighted by Gasteiger charge is -2.37. The van der Waals surface area contributed by atoms with Crippen molar-refractivity contribution >= 4 is 8.32 Å². The molecule has 0 saturated carbocycles. The molecule has 0 amide bonds. The number of aliphatic hydroxyl groups excluding tert-OH is 1. The van der Waals surface area contributed by atoms with Crippen LogP contribution in [0.3, 0.4) is 0 Å². The minimum absolute atomic E-state index is 0.268. The van der Waals surface area contributed by atoms with Gasteiger partial charge in [-0.1, -0.05) is 34.6 Å². The zero-order valence-corrected chi connectivity index (χ0v) is 13.1. The van der Waals surface area contributed by atoms with E-state index >= 15 is 0 Å². The van der Waals surface area contributed by atoms with Crippen LogP contribution in [-0.2, 0) is 4.43 Å². The van der Waals surface area contributed by atoms with E-state index in [2.05, 4.69) is 47.7 Å². The summed E-state index contributed by atoms with van der Waals surface area (Å²) >= 11 is 0. The Morgan fingerprint density at radius 1 is 1.19 bits per heavy atom. The highest BCUT2D eigenvalue weighted by molar-refractivity contribution is 6.74. The fourth-order valence-electron chi connectivity index (χ4n) is 1.31. The van der Waals surface area contributed by atoms with Gasteiger partial charge >= 0.3 is 0 Å². The second kappa shape index (κ2) is 6.17. The molecule has 16 heavy (non-hydrogen) atoms. The van der Waals surface area contributed by atoms with Crippen LogP contribution >= 0.6 is 0 Å². The van der Waals surface area contributed by atoms with Gasteiger partial charge in [-0.05, 0) is 36.4 Å². The minimum Gasteiger partial charge on any atom is -0.417 e. The maximum atomic E-state index is 9.03. The third-order valence-electron chi connectivity index (χ3n) is 3.91. The van der Waals surface area contributed by atoms with Gasteiger partial charge in [0, 0.05) is 13.2 Å². The number of hydrogen-bond acceptors (Lipinski definition) is 2. The molecule has 0 rings (SSSR count). The lowest BCUT2D eigenvalue weighted by Crippen LogP contribution is -2.42. The molecule has 1 atom stereocenters. The monoisotopic (exact) mass is 246 g/mol. The quantitative estimate of drug-likeness (QED) is 0.725. The first kappa shape index (κ1) is 16.1. The zero-order valence-electron chi connectivity index (χ0n) is 12.1. The topological polar surface area (TPSA) is 29.5 Å². The van der Waals surface area contributed by atoms with Crippen molar-refractivity contribution in [3.05, 3.63) is 0 Å². The summed E-state index contributed by atoms with van der Waals surface area (Å²) in [4.78, 5) is 0. The molecule has 0 heterocycles. The predicted molar refractivity (Wildman–Crippen MR) is 73.2 cm³/mol. The van der Waals surface area contributed by atoms with Crippen molar-refractivity contribution in [3.8, 4) is 0 Å². The molecular formula is C13H30O2Si. The highest BCUT2D eigenvalue weighted by Crippen LogP contribution is 2.37. The SMILES string of the molecule is CC(C)[C@H](CCO)CO[Si](C)(C)C(C)(C)C. The van der Waals surface area contributed by atoms with E-state index in [4.69, 9.17) is 9.53 Å². The van der Waals surface area contributed by atoms with E-state index in [0.29, 0.717) is 11.8 Å². The van der Waals surface area contributed by atoms with Gasteiger partial charge in [-0.25, -0.2) is 0 Å². The van der Waals surface area contributed by atoms with E-state index in [1.54, 1.807) is 0 Å². The number of aliphatic hydroxyl groups is 1. The Morgan fingerprint density at radius 2 is 1.69 bits per heavy atom. The molecule has 0 aromatic carbocycles. The van der Waals surface area contributed by atoms with Crippen LogP contribution in [0.25, 0.3) is 0 Å². The predicted octanol–water partition coefficient (Wildman–Crippen LogP) is 3.66. The summed E-state index contributed by atoms with van der Waals surface area (Å²) in [6.07, 6.45) is 0.853. The molecule has 2 nitrogen and oxygen atoms in total. The summed E-state index contributed by atoms with van der Waals surface area (Å²) in [5, 5.41) is 9.30. The second-order valence-corrected chi connectivity index (χ2v) is 11.4. The van der Waals surface area contributed by atoms with E-state index in [0.717, 1.165) is 13.0 Å². The Bertz CT molecular complexity index is 195. The molecule has 0 aliphatic carbocycles. The lowest BCUT2D eigenvalue weighted by atomic mass is 9.94. The maximum Gasteiger partial charge on any atom is 0.191 e. The van der Waals surface area contributed by atoms with Crippen LogP contribution in [0.1, 0.15) is 41.0 Å². The van der Waals surface area contributed by atoms with Crippen molar-refractivity contribution in [2.75, 3.05) is 13.2 Å². The second-order valence-electron chi connectivity index (χ2n) is 6.59.